The number of aliphatic imine (C=N–C) groups is 1. The zero-order valence-corrected chi connectivity index (χ0v) is 35.8. The average Bonchev–Trinajstić information content (AvgIpc) is 3.07. The van der Waals surface area contributed by atoms with Crippen LogP contribution in [-0.4, -0.2) is 34.2 Å². The van der Waals surface area contributed by atoms with Gasteiger partial charge in [0.05, 0.1) is 42.7 Å². The number of aryl methyl sites for hydroxylation is 2. The molecule has 0 spiro atoms. The van der Waals surface area contributed by atoms with E-state index in [0.29, 0.717) is 35.1 Å². The van der Waals surface area contributed by atoms with Crippen LogP contribution in [0.25, 0.3) is 0 Å². The van der Waals surface area contributed by atoms with Gasteiger partial charge in [0, 0.05) is 23.5 Å². The lowest BCUT2D eigenvalue weighted by atomic mass is 9.89. The number of ether oxygens (including phenoxy) is 2. The highest BCUT2D eigenvalue weighted by atomic mass is 27.2. The second-order valence-corrected chi connectivity index (χ2v) is 18.5. The molecular formula is C45H64AlN4O2+. The van der Waals surface area contributed by atoms with Gasteiger partial charge < -0.3 is 20.9 Å². The number of amidine groups is 1. The fraction of sp³-hybridized carbons (Fsp3) is 0.422. The normalized spacial score (nSPS) is 12.1. The molecule has 0 saturated carbocycles. The van der Waals surface area contributed by atoms with Gasteiger partial charge in [0.25, 0.3) is 14.1 Å². The van der Waals surface area contributed by atoms with Crippen LogP contribution < -0.4 is 20.9 Å². The summed E-state index contributed by atoms with van der Waals surface area (Å²) in [5, 5.41) is 8.58. The molecule has 0 aliphatic heterocycles. The van der Waals surface area contributed by atoms with Gasteiger partial charge in [-0.2, -0.15) is 5.26 Å². The summed E-state index contributed by atoms with van der Waals surface area (Å²) in [7, 11) is 3.26. The lowest BCUT2D eigenvalue weighted by molar-refractivity contribution is 0.414. The Bertz CT molecular complexity index is 1730. The first kappa shape index (κ1) is 45.7. The number of hydrogen-bond acceptors (Lipinski definition) is 5. The van der Waals surface area contributed by atoms with Gasteiger partial charge >= 0.3 is 0 Å². The van der Waals surface area contributed by atoms with Crippen molar-refractivity contribution in [2.24, 2.45) is 28.3 Å². The number of hydrogen-bond donors (Lipinski definition) is 2. The number of benzene rings is 3. The maximum absolute atomic E-state index is 8.58. The van der Waals surface area contributed by atoms with Crippen molar-refractivity contribution in [3.05, 3.63) is 123 Å². The molecule has 52 heavy (non-hydrogen) atoms. The molecule has 0 heterocycles. The van der Waals surface area contributed by atoms with Crippen molar-refractivity contribution in [1.82, 2.24) is 0 Å². The minimum atomic E-state index is -0.139. The largest absolute Gasteiger partial charge is 0.497 e. The number of nitrogens with zero attached hydrogens (tertiary/aromatic N) is 2. The highest BCUT2D eigenvalue weighted by Gasteiger charge is 2.23. The first-order chi connectivity index (χ1) is 24.4. The molecule has 0 bridgehead atoms. The van der Waals surface area contributed by atoms with E-state index in [0.717, 1.165) is 39.6 Å². The van der Waals surface area contributed by atoms with Crippen molar-refractivity contribution >= 4 is 25.7 Å². The summed E-state index contributed by atoms with van der Waals surface area (Å²) < 4.78 is 10.3. The SMILES string of the molecule is CC(C)C1=C[C+]=CC(C(C)C)=C1N.COc1cc(C)cc(C#N)c1.COc1cc(C)cc(C(N)=Nc2c(C(C)C)cccc2C(C)C)c1.[CH3][Al]([CH3])[CH3]. The minimum absolute atomic E-state index is 0.139. The maximum atomic E-state index is 8.58. The number of rotatable bonds is 8. The topological polar surface area (TPSA) is 107 Å². The molecule has 278 valence electrons. The zero-order valence-electron chi connectivity index (χ0n) is 34.6. The van der Waals surface area contributed by atoms with E-state index in [-0.39, 0.29) is 14.1 Å². The second-order valence-electron chi connectivity index (χ2n) is 15.0. The zero-order chi connectivity index (χ0) is 39.7. The smallest absolute Gasteiger partial charge is 0.251 e. The number of methoxy groups -OCH3 is 2. The first-order valence-electron chi connectivity index (χ1n) is 18.3. The van der Waals surface area contributed by atoms with Gasteiger partial charge in [-0.05, 0) is 112 Å². The van der Waals surface area contributed by atoms with E-state index >= 15 is 0 Å². The fourth-order valence-corrected chi connectivity index (χ4v) is 5.27. The highest BCUT2D eigenvalue weighted by molar-refractivity contribution is 6.54. The Balaban J connectivity index is 0.000000405. The van der Waals surface area contributed by atoms with E-state index in [1.54, 1.807) is 20.3 Å². The Kier molecular flexibility index (Phi) is 19.8. The molecule has 4 rings (SSSR count). The van der Waals surface area contributed by atoms with Crippen LogP contribution in [-0.2, 0) is 0 Å². The van der Waals surface area contributed by atoms with Crippen LogP contribution in [0.5, 0.6) is 11.5 Å². The van der Waals surface area contributed by atoms with E-state index in [2.05, 4.69) is 103 Å². The Hall–Kier alpha value is -4.32. The third-order valence-corrected chi connectivity index (χ3v) is 7.92. The molecular weight excluding hydrogens is 656 g/mol. The Labute approximate surface area is 320 Å². The standard InChI is InChI=1S/C21H28N2O.C12H18N.C9H9NO.3CH3.Al/c1-13(2)18-8-7-9-19(14(3)4)20(18)23-21(22)16-10-15(5)11-17(12-16)24-6;1-8(2)10-6-5-7-11(9(3)4)12(10)13;1-7-3-8(6-10)5-9(4-7)11-2;;;;/h7-14H,1-6H3,(H2,22,23);6-9H,13H2,1-4H3;3-5H,1-2H3;3*1H3;/q;+1;;;;;. The summed E-state index contributed by atoms with van der Waals surface area (Å²) in [6.45, 7) is 21.3. The summed E-state index contributed by atoms with van der Waals surface area (Å²) in [4.78, 5) is 4.83. The summed E-state index contributed by atoms with van der Waals surface area (Å²) in [6.07, 6.45) is 7.14. The minimum Gasteiger partial charge on any atom is -0.497 e. The van der Waals surface area contributed by atoms with Crippen molar-refractivity contribution in [2.45, 2.75) is 98.4 Å². The first-order valence-corrected chi connectivity index (χ1v) is 21.8. The lowest BCUT2D eigenvalue weighted by Gasteiger charge is -2.17. The quantitative estimate of drug-likeness (QED) is 0.104. The lowest BCUT2D eigenvalue weighted by Crippen LogP contribution is -2.14. The van der Waals surface area contributed by atoms with Crippen molar-refractivity contribution in [2.75, 3.05) is 14.2 Å². The van der Waals surface area contributed by atoms with Crippen LogP contribution in [0.3, 0.4) is 0 Å². The fourth-order valence-electron chi connectivity index (χ4n) is 5.27. The Morgan fingerprint density at radius 2 is 1.27 bits per heavy atom. The molecule has 0 radical (unpaired) electrons. The third kappa shape index (κ3) is 15.1. The second kappa shape index (κ2) is 22.6. The average molecular weight is 720 g/mol. The molecule has 0 fully saturated rings. The van der Waals surface area contributed by atoms with Gasteiger partial charge in [-0.1, -0.05) is 45.9 Å². The van der Waals surface area contributed by atoms with Gasteiger partial charge in [-0.3, -0.25) is 0 Å². The monoisotopic (exact) mass is 719 g/mol. The molecule has 0 atom stereocenters. The van der Waals surface area contributed by atoms with Crippen LogP contribution in [0.1, 0.15) is 101 Å². The predicted molar refractivity (Wildman–Crippen MR) is 225 cm³/mol. The summed E-state index contributed by atoms with van der Waals surface area (Å²) >= 11 is -0.139. The van der Waals surface area contributed by atoms with Crippen molar-refractivity contribution < 1.29 is 9.47 Å². The van der Waals surface area contributed by atoms with Gasteiger partial charge in [0.2, 0.25) is 0 Å². The molecule has 0 aromatic heterocycles. The van der Waals surface area contributed by atoms with Crippen LogP contribution in [0.4, 0.5) is 5.69 Å². The van der Waals surface area contributed by atoms with Crippen LogP contribution in [0, 0.1) is 43.1 Å². The molecule has 1 aliphatic carbocycles. The molecule has 3 aromatic rings. The predicted octanol–water partition coefficient (Wildman–Crippen LogP) is 11.3. The van der Waals surface area contributed by atoms with E-state index < -0.39 is 0 Å². The Morgan fingerprint density at radius 1 is 0.769 bits per heavy atom. The molecule has 0 unspecified atom stereocenters. The molecule has 0 saturated heterocycles. The molecule has 0 amide bonds. The molecule has 7 heteroatoms. The number of nitriles is 1. The summed E-state index contributed by atoms with van der Waals surface area (Å²) in [6, 6.07) is 19.8. The van der Waals surface area contributed by atoms with Crippen LogP contribution in [0.15, 0.2) is 88.6 Å². The Morgan fingerprint density at radius 3 is 1.71 bits per heavy atom. The number of para-hydroxylation sites is 1. The van der Waals surface area contributed by atoms with Gasteiger partial charge in [-0.25, -0.2) is 4.99 Å². The van der Waals surface area contributed by atoms with Gasteiger partial charge in [0.1, 0.15) is 29.5 Å². The van der Waals surface area contributed by atoms with Crippen LogP contribution >= 0.6 is 0 Å². The van der Waals surface area contributed by atoms with Gasteiger partial charge in [0.15, 0.2) is 5.70 Å². The van der Waals surface area contributed by atoms with Gasteiger partial charge in [-0.15, -0.1) is 17.4 Å². The van der Waals surface area contributed by atoms with Crippen LogP contribution in [0.2, 0.25) is 17.4 Å². The van der Waals surface area contributed by atoms with E-state index in [9.17, 15) is 0 Å². The van der Waals surface area contributed by atoms with E-state index in [1.807, 2.05) is 56.3 Å². The number of allylic oxidation sites excluding steroid dienone is 5. The van der Waals surface area contributed by atoms with Crippen molar-refractivity contribution in [1.29, 1.82) is 5.26 Å². The number of nitrogens with two attached hydrogens (primary N) is 2. The third-order valence-electron chi connectivity index (χ3n) is 7.92. The van der Waals surface area contributed by atoms with E-state index in [4.69, 9.17) is 31.2 Å². The van der Waals surface area contributed by atoms with Crippen molar-refractivity contribution in [3.63, 3.8) is 0 Å². The van der Waals surface area contributed by atoms with Crippen molar-refractivity contribution in [3.8, 4) is 17.6 Å². The molecule has 3 aromatic carbocycles. The summed E-state index contributed by atoms with van der Waals surface area (Å²) in [5.41, 5.74) is 22.9. The molecule has 4 N–H and O–H groups in total. The summed E-state index contributed by atoms with van der Waals surface area (Å²) in [5.74, 6) is 10.7. The highest BCUT2D eigenvalue weighted by Crippen LogP contribution is 2.35. The maximum Gasteiger partial charge on any atom is 0.251 e. The molecule has 6 nitrogen and oxygen atoms in total. The molecule has 1 aliphatic rings. The van der Waals surface area contributed by atoms with E-state index in [1.165, 1.54) is 22.3 Å².